The van der Waals surface area contributed by atoms with Crippen LogP contribution in [-0.4, -0.2) is 35.3 Å². The average molecular weight is 415 g/mol. The molecule has 0 radical (unpaired) electrons. The summed E-state index contributed by atoms with van der Waals surface area (Å²) in [6, 6.07) is 17.1. The Hall–Kier alpha value is -2.33. The molecule has 156 valence electrons. The Bertz CT molecular complexity index is 794. The zero-order valence-corrected chi connectivity index (χ0v) is 18.3. The van der Waals surface area contributed by atoms with E-state index in [-0.39, 0.29) is 17.9 Å². The highest BCUT2D eigenvalue weighted by atomic mass is 35.5. The van der Waals surface area contributed by atoms with Crippen LogP contribution in [-0.2, 0) is 22.4 Å². The first kappa shape index (κ1) is 23.0. The number of hydrogen-bond acceptors (Lipinski definition) is 2. The molecule has 2 amide bonds. The van der Waals surface area contributed by atoms with Gasteiger partial charge in [-0.1, -0.05) is 67.1 Å². The fourth-order valence-corrected chi connectivity index (χ4v) is 3.35. The monoisotopic (exact) mass is 414 g/mol. The van der Waals surface area contributed by atoms with Crippen molar-refractivity contribution in [1.82, 2.24) is 10.2 Å². The number of rotatable bonds is 10. The number of nitrogens with one attached hydrogen (secondary N) is 1. The lowest BCUT2D eigenvalue weighted by molar-refractivity contribution is -0.140. The molecule has 0 aliphatic rings. The molecule has 2 atom stereocenters. The van der Waals surface area contributed by atoms with Crippen LogP contribution in [0, 0.1) is 0 Å². The highest BCUT2D eigenvalue weighted by Crippen LogP contribution is 2.18. The molecule has 0 unspecified atom stereocenters. The molecular formula is C24H31ClN2O2. The number of halogens is 1. The van der Waals surface area contributed by atoms with Gasteiger partial charge in [0.1, 0.15) is 6.04 Å². The first-order chi connectivity index (χ1) is 13.9. The predicted octanol–water partition coefficient (Wildman–Crippen LogP) is 4.65. The summed E-state index contributed by atoms with van der Waals surface area (Å²) in [5, 5.41) is 3.66. The van der Waals surface area contributed by atoms with Gasteiger partial charge in [-0.05, 0) is 50.3 Å². The van der Waals surface area contributed by atoms with E-state index in [1.807, 2.05) is 68.4 Å². The number of hydrogen-bond donors (Lipinski definition) is 1. The van der Waals surface area contributed by atoms with E-state index in [2.05, 4.69) is 5.32 Å². The Morgan fingerprint density at radius 1 is 1.00 bits per heavy atom. The number of amides is 2. The molecular weight excluding hydrogens is 384 g/mol. The quantitative estimate of drug-likeness (QED) is 0.615. The molecule has 0 aliphatic heterocycles. The van der Waals surface area contributed by atoms with Crippen LogP contribution in [0.1, 0.15) is 44.7 Å². The summed E-state index contributed by atoms with van der Waals surface area (Å²) in [6.45, 7) is 6.30. The molecule has 2 rings (SSSR count). The maximum absolute atomic E-state index is 13.1. The van der Waals surface area contributed by atoms with E-state index < -0.39 is 6.04 Å². The van der Waals surface area contributed by atoms with Gasteiger partial charge in [-0.3, -0.25) is 9.59 Å². The Labute approximate surface area is 179 Å². The minimum atomic E-state index is -0.522. The number of aryl methyl sites for hydroxylation is 1. The predicted molar refractivity (Wildman–Crippen MR) is 119 cm³/mol. The summed E-state index contributed by atoms with van der Waals surface area (Å²) in [5.41, 5.74) is 2.09. The molecule has 0 fully saturated rings. The van der Waals surface area contributed by atoms with Crippen molar-refractivity contribution in [2.24, 2.45) is 0 Å². The van der Waals surface area contributed by atoms with Crippen LogP contribution in [0.25, 0.3) is 0 Å². The highest BCUT2D eigenvalue weighted by Gasteiger charge is 2.26. The molecule has 5 heteroatoms. The zero-order valence-electron chi connectivity index (χ0n) is 17.5. The molecule has 1 N–H and O–H groups in total. The Balaban J connectivity index is 2.08. The topological polar surface area (TPSA) is 49.4 Å². The van der Waals surface area contributed by atoms with E-state index in [0.717, 1.165) is 17.5 Å². The summed E-state index contributed by atoms with van der Waals surface area (Å²) in [5.74, 6) is -0.147. The van der Waals surface area contributed by atoms with Crippen LogP contribution in [0.15, 0.2) is 54.6 Å². The number of carbonyl (C=O) groups excluding carboxylic acids is 2. The summed E-state index contributed by atoms with van der Waals surface area (Å²) >= 11 is 6.23. The van der Waals surface area contributed by atoms with E-state index in [1.54, 1.807) is 11.8 Å². The third-order valence-electron chi connectivity index (χ3n) is 5.22. The minimum absolute atomic E-state index is 0.0346. The van der Waals surface area contributed by atoms with Crippen LogP contribution in [0.3, 0.4) is 0 Å². The molecule has 29 heavy (non-hydrogen) atoms. The van der Waals surface area contributed by atoms with Crippen molar-refractivity contribution in [2.75, 3.05) is 6.54 Å². The lowest BCUT2D eigenvalue weighted by Crippen LogP contribution is -2.50. The molecule has 0 bridgehead atoms. The van der Waals surface area contributed by atoms with Gasteiger partial charge in [0, 0.05) is 24.0 Å². The zero-order chi connectivity index (χ0) is 21.2. The van der Waals surface area contributed by atoms with E-state index in [1.165, 1.54) is 0 Å². The standard InChI is InChI=1S/C24H31ClN2O2/c1-4-18(2)26-24(29)19(3)27(17-16-20-10-6-5-7-11-20)23(28)15-14-21-12-8-9-13-22(21)25/h5-13,18-19H,4,14-17H2,1-3H3,(H,26,29)/t18-,19+/m0/s1. The third-order valence-corrected chi connectivity index (χ3v) is 5.59. The van der Waals surface area contributed by atoms with Crippen molar-refractivity contribution >= 4 is 23.4 Å². The van der Waals surface area contributed by atoms with Crippen molar-refractivity contribution in [3.8, 4) is 0 Å². The average Bonchev–Trinajstić information content (AvgIpc) is 2.73. The number of benzene rings is 2. The fraction of sp³-hybridized carbons (Fsp3) is 0.417. The normalized spacial score (nSPS) is 12.8. The van der Waals surface area contributed by atoms with Crippen LogP contribution < -0.4 is 5.32 Å². The number of carbonyl (C=O) groups is 2. The van der Waals surface area contributed by atoms with Crippen molar-refractivity contribution in [3.63, 3.8) is 0 Å². The lowest BCUT2D eigenvalue weighted by Gasteiger charge is -2.29. The first-order valence-corrected chi connectivity index (χ1v) is 10.7. The Morgan fingerprint density at radius 3 is 2.31 bits per heavy atom. The number of nitrogens with zero attached hydrogens (tertiary/aromatic N) is 1. The maximum atomic E-state index is 13.1. The van der Waals surface area contributed by atoms with E-state index in [9.17, 15) is 9.59 Å². The second kappa shape index (κ2) is 11.6. The molecule has 2 aromatic rings. The summed E-state index contributed by atoms with van der Waals surface area (Å²) in [6.07, 6.45) is 2.43. The van der Waals surface area contributed by atoms with Crippen molar-refractivity contribution in [3.05, 3.63) is 70.7 Å². The van der Waals surface area contributed by atoms with Crippen LogP contribution in [0.5, 0.6) is 0 Å². The Kier molecular flexibility index (Phi) is 9.20. The first-order valence-electron chi connectivity index (χ1n) is 10.3. The van der Waals surface area contributed by atoms with Crippen molar-refractivity contribution < 1.29 is 9.59 Å². The highest BCUT2D eigenvalue weighted by molar-refractivity contribution is 6.31. The van der Waals surface area contributed by atoms with Crippen LogP contribution in [0.4, 0.5) is 0 Å². The molecule has 0 heterocycles. The summed E-state index contributed by atoms with van der Waals surface area (Å²) < 4.78 is 0. The fourth-order valence-electron chi connectivity index (χ4n) is 3.12. The van der Waals surface area contributed by atoms with Crippen LogP contribution in [0.2, 0.25) is 5.02 Å². The van der Waals surface area contributed by atoms with Gasteiger partial charge < -0.3 is 10.2 Å². The van der Waals surface area contributed by atoms with E-state index >= 15 is 0 Å². The molecule has 0 saturated heterocycles. The third kappa shape index (κ3) is 7.21. The smallest absolute Gasteiger partial charge is 0.242 e. The van der Waals surface area contributed by atoms with Crippen LogP contribution >= 0.6 is 11.6 Å². The van der Waals surface area contributed by atoms with Gasteiger partial charge in [0.2, 0.25) is 11.8 Å². The largest absolute Gasteiger partial charge is 0.352 e. The van der Waals surface area contributed by atoms with E-state index in [4.69, 9.17) is 11.6 Å². The van der Waals surface area contributed by atoms with Gasteiger partial charge in [0.15, 0.2) is 0 Å². The lowest BCUT2D eigenvalue weighted by atomic mass is 10.1. The Morgan fingerprint density at radius 2 is 1.66 bits per heavy atom. The second-order valence-electron chi connectivity index (χ2n) is 7.41. The van der Waals surface area contributed by atoms with Gasteiger partial charge >= 0.3 is 0 Å². The molecule has 0 spiro atoms. The van der Waals surface area contributed by atoms with Crippen molar-refractivity contribution in [1.29, 1.82) is 0 Å². The molecule has 4 nitrogen and oxygen atoms in total. The van der Waals surface area contributed by atoms with E-state index in [0.29, 0.717) is 30.8 Å². The maximum Gasteiger partial charge on any atom is 0.242 e. The van der Waals surface area contributed by atoms with Gasteiger partial charge in [-0.2, -0.15) is 0 Å². The SMILES string of the molecule is CC[C@H](C)NC(=O)[C@@H](C)N(CCc1ccccc1)C(=O)CCc1ccccc1Cl. The minimum Gasteiger partial charge on any atom is -0.352 e. The molecule has 2 aromatic carbocycles. The van der Waals surface area contributed by atoms with Gasteiger partial charge in [0.25, 0.3) is 0 Å². The van der Waals surface area contributed by atoms with Gasteiger partial charge in [-0.15, -0.1) is 0 Å². The molecule has 0 aromatic heterocycles. The van der Waals surface area contributed by atoms with Gasteiger partial charge in [-0.25, -0.2) is 0 Å². The van der Waals surface area contributed by atoms with Crippen molar-refractivity contribution in [2.45, 2.75) is 58.5 Å². The molecule has 0 aliphatic carbocycles. The summed E-state index contributed by atoms with van der Waals surface area (Å²) in [4.78, 5) is 27.4. The molecule has 0 saturated carbocycles. The second-order valence-corrected chi connectivity index (χ2v) is 7.82. The summed E-state index contributed by atoms with van der Waals surface area (Å²) in [7, 11) is 0. The van der Waals surface area contributed by atoms with Gasteiger partial charge in [0.05, 0.1) is 0 Å².